The van der Waals surface area contributed by atoms with Crippen LogP contribution in [0.5, 0.6) is 0 Å². The maximum atomic E-state index is 6.37. The highest BCUT2D eigenvalue weighted by Gasteiger charge is 2.13. The number of hydrogen-bond acceptors (Lipinski definition) is 2. The van der Waals surface area contributed by atoms with Crippen molar-refractivity contribution in [3.8, 4) is 0 Å². The molecule has 0 spiro atoms. The van der Waals surface area contributed by atoms with Crippen molar-refractivity contribution in [2.24, 2.45) is 5.73 Å². The van der Waals surface area contributed by atoms with Gasteiger partial charge in [0, 0.05) is 29.2 Å². The predicted molar refractivity (Wildman–Crippen MR) is 91.5 cm³/mol. The Bertz CT molecular complexity index is 595. The Balaban J connectivity index is 2.14. The Hall–Kier alpha value is -1.13. The Morgan fingerprint density at radius 2 is 1.90 bits per heavy atom. The van der Waals surface area contributed by atoms with Gasteiger partial charge < -0.3 is 5.73 Å². The fourth-order valence-electron chi connectivity index (χ4n) is 2.46. The van der Waals surface area contributed by atoms with Crippen molar-refractivity contribution in [3.05, 3.63) is 51.3 Å². The number of nitrogens with two attached hydrogens (primary N) is 1. The molecule has 1 heterocycles. The molecule has 0 saturated carbocycles. The van der Waals surface area contributed by atoms with Gasteiger partial charge in [-0.2, -0.15) is 5.10 Å². The van der Waals surface area contributed by atoms with Crippen LogP contribution < -0.4 is 5.73 Å². The minimum Gasteiger partial charge on any atom is -0.324 e. The third kappa shape index (κ3) is 3.74. The number of rotatable bonds is 5. The maximum absolute atomic E-state index is 6.37. The molecule has 0 bridgehead atoms. The molecule has 114 valence electrons. The van der Waals surface area contributed by atoms with Crippen molar-refractivity contribution >= 4 is 15.9 Å². The van der Waals surface area contributed by atoms with Crippen molar-refractivity contribution in [3.63, 3.8) is 0 Å². The van der Waals surface area contributed by atoms with E-state index in [0.717, 1.165) is 18.5 Å². The van der Waals surface area contributed by atoms with Crippen LogP contribution in [0.15, 0.2) is 28.9 Å². The van der Waals surface area contributed by atoms with Gasteiger partial charge in [-0.1, -0.05) is 35.0 Å². The first-order valence-electron chi connectivity index (χ1n) is 7.48. The second-order valence-electron chi connectivity index (χ2n) is 5.82. The third-order valence-electron chi connectivity index (χ3n) is 4.02. The minimum atomic E-state index is -0.0178. The van der Waals surface area contributed by atoms with Crippen LogP contribution in [0.25, 0.3) is 0 Å². The molecule has 0 fully saturated rings. The summed E-state index contributed by atoms with van der Waals surface area (Å²) in [5, 5.41) is 4.64. The van der Waals surface area contributed by atoms with Gasteiger partial charge in [0.2, 0.25) is 0 Å². The van der Waals surface area contributed by atoms with Gasteiger partial charge in [0.25, 0.3) is 0 Å². The average molecular weight is 350 g/mol. The lowest BCUT2D eigenvalue weighted by Crippen LogP contribution is -2.15. The monoisotopic (exact) mass is 349 g/mol. The number of nitrogens with zero attached hydrogens (tertiary/aromatic N) is 2. The number of aryl methyl sites for hydroxylation is 2. The lowest BCUT2D eigenvalue weighted by molar-refractivity contribution is 0.472. The summed E-state index contributed by atoms with van der Waals surface area (Å²) in [6.07, 6.45) is 3.90. The summed E-state index contributed by atoms with van der Waals surface area (Å²) < 4.78 is 3.19. The fraction of sp³-hybridized carbons (Fsp3) is 0.471. The Morgan fingerprint density at radius 3 is 2.48 bits per heavy atom. The molecular weight excluding hydrogens is 326 g/mol. The molecule has 1 aromatic heterocycles. The van der Waals surface area contributed by atoms with Gasteiger partial charge in [-0.25, -0.2) is 0 Å². The first-order valence-corrected chi connectivity index (χ1v) is 8.28. The molecule has 3 nitrogen and oxygen atoms in total. The molecular formula is C17H24BrN3. The first kappa shape index (κ1) is 16.2. The van der Waals surface area contributed by atoms with Gasteiger partial charge in [0.05, 0.1) is 5.69 Å². The summed E-state index contributed by atoms with van der Waals surface area (Å²) in [5.41, 5.74) is 11.1. The zero-order chi connectivity index (χ0) is 15.6. The van der Waals surface area contributed by atoms with E-state index in [1.165, 1.54) is 21.2 Å². The molecule has 0 aliphatic rings. The summed E-state index contributed by atoms with van der Waals surface area (Å²) in [4.78, 5) is 0. The van der Waals surface area contributed by atoms with Crippen LogP contribution in [0.4, 0.5) is 0 Å². The summed E-state index contributed by atoms with van der Waals surface area (Å²) in [6.45, 7) is 8.55. The number of aromatic nitrogens is 2. The standard InChI is InChI=1S/C17H24BrN3/c1-5-13(4)21-7-6-15(20-21)10-16(19)14-8-11(2)17(18)12(3)9-14/h6-9,13,16H,5,10,19H2,1-4H3. The van der Waals surface area contributed by atoms with E-state index in [0.29, 0.717) is 6.04 Å². The molecule has 1 aromatic carbocycles. The number of halogens is 1. The van der Waals surface area contributed by atoms with Gasteiger partial charge >= 0.3 is 0 Å². The van der Waals surface area contributed by atoms with Crippen molar-refractivity contribution in [2.75, 3.05) is 0 Å². The average Bonchev–Trinajstić information content (AvgIpc) is 2.91. The van der Waals surface area contributed by atoms with Gasteiger partial charge in [-0.3, -0.25) is 4.68 Å². The van der Waals surface area contributed by atoms with E-state index in [1.54, 1.807) is 0 Å². The SMILES string of the molecule is CCC(C)n1ccc(CC(N)c2cc(C)c(Br)c(C)c2)n1. The largest absolute Gasteiger partial charge is 0.324 e. The molecule has 0 radical (unpaired) electrons. The third-order valence-corrected chi connectivity index (χ3v) is 5.27. The minimum absolute atomic E-state index is 0.0178. The molecule has 0 saturated heterocycles. The lowest BCUT2D eigenvalue weighted by atomic mass is 9.99. The molecule has 2 N–H and O–H groups in total. The van der Waals surface area contributed by atoms with E-state index in [4.69, 9.17) is 5.73 Å². The predicted octanol–water partition coefficient (Wildman–Crippen LogP) is 4.48. The van der Waals surface area contributed by atoms with Crippen LogP contribution >= 0.6 is 15.9 Å². The van der Waals surface area contributed by atoms with Crippen LogP contribution in [0.1, 0.15) is 54.7 Å². The Labute approximate surface area is 135 Å². The van der Waals surface area contributed by atoms with E-state index in [2.05, 4.69) is 66.9 Å². The van der Waals surface area contributed by atoms with E-state index < -0.39 is 0 Å². The van der Waals surface area contributed by atoms with Crippen molar-refractivity contribution < 1.29 is 0 Å². The molecule has 0 aliphatic heterocycles. The van der Waals surface area contributed by atoms with E-state index in [-0.39, 0.29) is 6.04 Å². The van der Waals surface area contributed by atoms with Gasteiger partial charge in [0.1, 0.15) is 0 Å². The molecule has 0 aliphatic carbocycles. The first-order chi connectivity index (χ1) is 9.92. The molecule has 2 unspecified atom stereocenters. The van der Waals surface area contributed by atoms with Crippen LogP contribution in [-0.4, -0.2) is 9.78 Å². The second kappa shape index (κ2) is 6.75. The van der Waals surface area contributed by atoms with E-state index in [9.17, 15) is 0 Å². The summed E-state index contributed by atoms with van der Waals surface area (Å²) >= 11 is 3.60. The lowest BCUT2D eigenvalue weighted by Gasteiger charge is -2.14. The molecule has 21 heavy (non-hydrogen) atoms. The van der Waals surface area contributed by atoms with E-state index in [1.807, 2.05) is 10.9 Å². The number of benzene rings is 1. The van der Waals surface area contributed by atoms with Gasteiger partial charge in [-0.15, -0.1) is 0 Å². The van der Waals surface area contributed by atoms with Crippen molar-refractivity contribution in [1.82, 2.24) is 9.78 Å². The van der Waals surface area contributed by atoms with Gasteiger partial charge in [-0.05, 0) is 49.9 Å². The van der Waals surface area contributed by atoms with Gasteiger partial charge in [0.15, 0.2) is 0 Å². The second-order valence-corrected chi connectivity index (χ2v) is 6.62. The normalized spacial score (nSPS) is 14.2. The zero-order valence-corrected chi connectivity index (χ0v) is 14.8. The van der Waals surface area contributed by atoms with Crippen molar-refractivity contribution in [1.29, 1.82) is 0 Å². The van der Waals surface area contributed by atoms with E-state index >= 15 is 0 Å². The van der Waals surface area contributed by atoms with Crippen LogP contribution in [-0.2, 0) is 6.42 Å². The highest BCUT2D eigenvalue weighted by Crippen LogP contribution is 2.26. The highest BCUT2D eigenvalue weighted by molar-refractivity contribution is 9.10. The summed E-state index contributed by atoms with van der Waals surface area (Å²) in [7, 11) is 0. The van der Waals surface area contributed by atoms with Crippen LogP contribution in [0, 0.1) is 13.8 Å². The van der Waals surface area contributed by atoms with Crippen LogP contribution in [0.2, 0.25) is 0 Å². The molecule has 2 rings (SSSR count). The van der Waals surface area contributed by atoms with Crippen molar-refractivity contribution in [2.45, 2.75) is 52.6 Å². The molecule has 0 amide bonds. The quantitative estimate of drug-likeness (QED) is 0.864. The highest BCUT2D eigenvalue weighted by atomic mass is 79.9. The smallest absolute Gasteiger partial charge is 0.0643 e. The topological polar surface area (TPSA) is 43.8 Å². The summed E-state index contributed by atoms with van der Waals surface area (Å²) in [5.74, 6) is 0. The van der Waals surface area contributed by atoms with Crippen LogP contribution in [0.3, 0.4) is 0 Å². The molecule has 4 heteroatoms. The maximum Gasteiger partial charge on any atom is 0.0643 e. The summed E-state index contributed by atoms with van der Waals surface area (Å²) in [6, 6.07) is 6.81. The zero-order valence-electron chi connectivity index (χ0n) is 13.2. The molecule has 2 aromatic rings. The Kier molecular flexibility index (Phi) is 5.22. The fourth-order valence-corrected chi connectivity index (χ4v) is 2.68. The number of hydrogen-bond donors (Lipinski definition) is 1. The Morgan fingerprint density at radius 1 is 1.29 bits per heavy atom. The molecule has 2 atom stereocenters.